The van der Waals surface area contributed by atoms with Gasteiger partial charge in [-0.15, -0.1) is 0 Å². The molecule has 0 unspecified atom stereocenters. The Labute approximate surface area is 164 Å². The van der Waals surface area contributed by atoms with E-state index >= 15 is 0 Å². The van der Waals surface area contributed by atoms with Gasteiger partial charge in [-0.2, -0.15) is 0 Å². The number of carbonyl (C=O) groups excluding carboxylic acids is 2. The fraction of sp³-hybridized carbons (Fsp3) is 0.111. The summed E-state index contributed by atoms with van der Waals surface area (Å²) in [7, 11) is -12.1. The minimum atomic E-state index is -6.04. The maximum atomic E-state index is 11.8. The van der Waals surface area contributed by atoms with Crippen LogP contribution < -0.4 is 59.1 Å². The van der Waals surface area contributed by atoms with Gasteiger partial charge in [0, 0.05) is 11.1 Å². The van der Waals surface area contributed by atoms with Gasteiger partial charge < -0.3 is 9.11 Å². The molecule has 0 N–H and O–H groups in total. The van der Waals surface area contributed by atoms with Crippen LogP contribution in [0.3, 0.4) is 0 Å². The number of fused-ring (bicyclic) bond motifs is 1. The third kappa shape index (κ3) is 2.82. The third-order valence-corrected chi connectivity index (χ3v) is 6.09. The van der Waals surface area contributed by atoms with E-state index in [1.807, 2.05) is 0 Å². The zero-order valence-electron chi connectivity index (χ0n) is 10.9. The van der Waals surface area contributed by atoms with Crippen LogP contribution in [0.15, 0.2) is 24.3 Å². The molecule has 0 heterocycles. The Balaban J connectivity index is 0.00000200. The molecule has 2 rings (SSSR count). The van der Waals surface area contributed by atoms with Gasteiger partial charge in [-0.05, 0) is 0 Å². The molecule has 0 radical (unpaired) electrons. The summed E-state index contributed by atoms with van der Waals surface area (Å²) < 4.78 is 62.5. The molecule has 1 aromatic rings. The SMILES string of the molecule is O=C1c2ccccc2C(=O)C1(S(=O)(=O)[O-])S(=O)(=O)[O-].[Na+].[Na+]. The summed E-state index contributed by atoms with van der Waals surface area (Å²) in [4.78, 5) is 23.7. The van der Waals surface area contributed by atoms with Gasteiger partial charge in [0.05, 0.1) is 0 Å². The van der Waals surface area contributed by atoms with Gasteiger partial charge in [-0.1, -0.05) is 24.3 Å². The molecule has 0 aliphatic heterocycles. The summed E-state index contributed by atoms with van der Waals surface area (Å²) in [6, 6.07) is 4.39. The van der Waals surface area contributed by atoms with E-state index in [4.69, 9.17) is 0 Å². The van der Waals surface area contributed by atoms with Crippen LogP contribution in [-0.2, 0) is 20.2 Å². The summed E-state index contributed by atoms with van der Waals surface area (Å²) in [6.45, 7) is 0. The maximum Gasteiger partial charge on any atom is 1.00 e. The predicted molar refractivity (Wildman–Crippen MR) is 57.2 cm³/mol. The fourth-order valence-electron chi connectivity index (χ4n) is 1.92. The van der Waals surface area contributed by atoms with E-state index in [2.05, 4.69) is 0 Å². The quantitative estimate of drug-likeness (QED) is 0.290. The van der Waals surface area contributed by atoms with E-state index in [9.17, 15) is 35.5 Å². The Bertz CT molecular complexity index is 743. The normalized spacial score (nSPS) is 16.7. The van der Waals surface area contributed by atoms with Crippen molar-refractivity contribution in [3.05, 3.63) is 35.4 Å². The second-order valence-corrected chi connectivity index (χ2v) is 7.03. The zero-order valence-corrected chi connectivity index (χ0v) is 16.5. The minimum absolute atomic E-state index is 0. The van der Waals surface area contributed by atoms with Crippen molar-refractivity contribution in [2.24, 2.45) is 0 Å². The van der Waals surface area contributed by atoms with Crippen molar-refractivity contribution in [2.75, 3.05) is 0 Å². The van der Waals surface area contributed by atoms with Crippen LogP contribution in [0.1, 0.15) is 20.7 Å². The van der Waals surface area contributed by atoms with Gasteiger partial charge in [0.15, 0.2) is 0 Å². The van der Waals surface area contributed by atoms with Gasteiger partial charge in [0.25, 0.3) is 4.08 Å². The molecule has 12 heteroatoms. The van der Waals surface area contributed by atoms with Crippen molar-refractivity contribution in [3.63, 3.8) is 0 Å². The first kappa shape index (κ1) is 21.4. The van der Waals surface area contributed by atoms with Crippen LogP contribution in [0.4, 0.5) is 0 Å². The number of hydrogen-bond donors (Lipinski definition) is 0. The minimum Gasteiger partial charge on any atom is -0.746 e. The van der Waals surface area contributed by atoms with Crippen molar-refractivity contribution in [3.8, 4) is 0 Å². The van der Waals surface area contributed by atoms with Crippen LogP contribution in [0.25, 0.3) is 0 Å². The van der Waals surface area contributed by atoms with Crippen molar-refractivity contribution in [1.29, 1.82) is 0 Å². The van der Waals surface area contributed by atoms with Crippen LogP contribution in [0, 0.1) is 0 Å². The third-order valence-electron chi connectivity index (χ3n) is 2.72. The average molecular weight is 350 g/mol. The molecule has 1 aliphatic carbocycles. The molecule has 0 bridgehead atoms. The van der Waals surface area contributed by atoms with Crippen LogP contribution in [0.2, 0.25) is 0 Å². The van der Waals surface area contributed by atoms with E-state index < -0.39 is 47.0 Å². The molecule has 0 fully saturated rings. The number of rotatable bonds is 2. The first-order chi connectivity index (χ1) is 8.55. The summed E-state index contributed by atoms with van der Waals surface area (Å²) in [5, 5.41) is 0. The Morgan fingerprint density at radius 2 is 1.05 bits per heavy atom. The van der Waals surface area contributed by atoms with Crippen molar-refractivity contribution >= 4 is 31.8 Å². The van der Waals surface area contributed by atoms with Gasteiger partial charge in [0.1, 0.15) is 20.2 Å². The monoisotopic (exact) mass is 350 g/mol. The first-order valence-electron chi connectivity index (χ1n) is 4.64. The molecule has 0 saturated heterocycles. The average Bonchev–Trinajstić information content (AvgIpc) is 2.48. The predicted octanol–water partition coefficient (Wildman–Crippen LogP) is -7.14. The molecule has 0 atom stereocenters. The maximum absolute atomic E-state index is 11.8. The fourth-order valence-corrected chi connectivity index (χ4v) is 4.26. The van der Waals surface area contributed by atoms with Gasteiger partial charge in [-0.3, -0.25) is 9.59 Å². The summed E-state index contributed by atoms with van der Waals surface area (Å²) in [6.07, 6.45) is 0. The Hall–Kier alpha value is 0.380. The van der Waals surface area contributed by atoms with Crippen LogP contribution >= 0.6 is 0 Å². The number of benzene rings is 1. The molecule has 0 amide bonds. The molecule has 21 heavy (non-hydrogen) atoms. The topological polar surface area (TPSA) is 149 Å². The standard InChI is InChI=1S/C9H6O8S2.2Na/c10-7-5-3-1-2-4-6(5)8(11)9(7,18(12,13)14)19(15,16)17;;/h1-4H,(H,12,13,14)(H,15,16,17);;/q;2*+1/p-2. The molecule has 1 aromatic carbocycles. The number of carbonyl (C=O) groups is 2. The molecule has 0 aromatic heterocycles. The largest absolute Gasteiger partial charge is 1.00 e. The van der Waals surface area contributed by atoms with Gasteiger partial charge >= 0.3 is 59.1 Å². The molecular weight excluding hydrogens is 346 g/mol. The number of hydrogen-bond acceptors (Lipinski definition) is 8. The van der Waals surface area contributed by atoms with E-state index in [0.29, 0.717) is 0 Å². The van der Waals surface area contributed by atoms with E-state index in [1.54, 1.807) is 0 Å². The molecule has 8 nitrogen and oxygen atoms in total. The summed E-state index contributed by atoms with van der Waals surface area (Å²) in [5.41, 5.74) is -1.15. The number of ketones is 2. The molecule has 0 spiro atoms. The van der Waals surface area contributed by atoms with E-state index in [0.717, 1.165) is 12.1 Å². The van der Waals surface area contributed by atoms with Crippen LogP contribution in [-0.4, -0.2) is 41.6 Å². The second kappa shape index (κ2) is 6.48. The van der Waals surface area contributed by atoms with E-state index in [-0.39, 0.29) is 59.1 Å². The molecular formula is C9H4Na2O8S2. The Morgan fingerprint density at radius 1 is 0.762 bits per heavy atom. The van der Waals surface area contributed by atoms with Crippen LogP contribution in [0.5, 0.6) is 0 Å². The number of Topliss-reactive ketones (excluding diaryl/α,β-unsaturated/α-hetero) is 2. The smallest absolute Gasteiger partial charge is 0.746 e. The Morgan fingerprint density at radius 3 is 1.29 bits per heavy atom. The molecule has 102 valence electrons. The van der Waals surface area contributed by atoms with E-state index in [1.165, 1.54) is 12.1 Å². The first-order valence-corrected chi connectivity index (χ1v) is 7.46. The molecule has 0 saturated carbocycles. The Kier molecular flexibility index (Phi) is 6.59. The van der Waals surface area contributed by atoms with Crippen molar-refractivity contribution in [2.45, 2.75) is 4.08 Å². The molecule has 1 aliphatic rings. The summed E-state index contributed by atoms with van der Waals surface area (Å²) in [5.74, 6) is -3.64. The second-order valence-electron chi connectivity index (χ2n) is 3.73. The van der Waals surface area contributed by atoms with Crippen molar-refractivity contribution in [1.82, 2.24) is 0 Å². The zero-order chi connectivity index (χ0) is 14.6. The van der Waals surface area contributed by atoms with Crippen molar-refractivity contribution < 1.29 is 94.6 Å². The van der Waals surface area contributed by atoms with Gasteiger partial charge in [0.2, 0.25) is 11.6 Å². The summed E-state index contributed by atoms with van der Waals surface area (Å²) >= 11 is 0. The van der Waals surface area contributed by atoms with Gasteiger partial charge in [-0.25, -0.2) is 16.8 Å².